The molecule has 0 N–H and O–H groups in total. The van der Waals surface area contributed by atoms with Crippen LogP contribution in [-0.2, 0) is 13.1 Å². The summed E-state index contributed by atoms with van der Waals surface area (Å²) in [5, 5.41) is 4.14. The Labute approximate surface area is 154 Å². The largest absolute Gasteiger partial charge is 0.456 e. The summed E-state index contributed by atoms with van der Waals surface area (Å²) in [5.41, 5.74) is 0.424. The molecule has 0 radical (unpaired) electrons. The summed E-state index contributed by atoms with van der Waals surface area (Å²) in [6, 6.07) is 9.28. The molecule has 1 fully saturated rings. The van der Waals surface area contributed by atoms with Crippen LogP contribution in [0, 0.1) is 5.82 Å². The molecule has 8 heteroatoms. The first-order chi connectivity index (χ1) is 13.1. The fourth-order valence-electron chi connectivity index (χ4n) is 3.28. The SMILES string of the molecule is Fc1cccc(-c2nc(-c3ccc(CN4CCCC4)o3)n(CC(F)F)n2)c1. The van der Waals surface area contributed by atoms with Crippen LogP contribution in [0.15, 0.2) is 40.8 Å². The number of benzene rings is 1. The third kappa shape index (κ3) is 4.05. The van der Waals surface area contributed by atoms with E-state index < -0.39 is 18.8 Å². The molecule has 1 saturated heterocycles. The highest BCUT2D eigenvalue weighted by Gasteiger charge is 2.20. The Bertz CT molecular complexity index is 915. The molecule has 0 aliphatic carbocycles. The van der Waals surface area contributed by atoms with Gasteiger partial charge in [0.1, 0.15) is 18.1 Å². The van der Waals surface area contributed by atoms with Gasteiger partial charge in [0.15, 0.2) is 17.4 Å². The summed E-state index contributed by atoms with van der Waals surface area (Å²) in [6.07, 6.45) is -0.245. The monoisotopic (exact) mass is 376 g/mol. The van der Waals surface area contributed by atoms with Crippen LogP contribution >= 0.6 is 0 Å². The number of hydrogen-bond donors (Lipinski definition) is 0. The number of nitrogens with zero attached hydrogens (tertiary/aromatic N) is 4. The van der Waals surface area contributed by atoms with E-state index in [-0.39, 0.29) is 11.6 Å². The first-order valence-electron chi connectivity index (χ1n) is 8.89. The van der Waals surface area contributed by atoms with Crippen molar-refractivity contribution >= 4 is 0 Å². The molecule has 1 aliphatic heterocycles. The molecule has 0 unspecified atom stereocenters. The van der Waals surface area contributed by atoms with Crippen molar-refractivity contribution in [3.05, 3.63) is 48.0 Å². The molecule has 4 rings (SSSR count). The Kier molecular flexibility index (Phi) is 4.98. The summed E-state index contributed by atoms with van der Waals surface area (Å²) in [4.78, 5) is 6.62. The van der Waals surface area contributed by atoms with Crippen LogP contribution in [0.25, 0.3) is 23.0 Å². The van der Waals surface area contributed by atoms with Crippen LogP contribution in [0.4, 0.5) is 13.2 Å². The topological polar surface area (TPSA) is 47.1 Å². The minimum atomic E-state index is -2.59. The lowest BCUT2D eigenvalue weighted by Gasteiger charge is -2.11. The van der Waals surface area contributed by atoms with Gasteiger partial charge in [-0.1, -0.05) is 12.1 Å². The van der Waals surface area contributed by atoms with Gasteiger partial charge >= 0.3 is 0 Å². The number of aromatic nitrogens is 3. The molecule has 0 spiro atoms. The number of furan rings is 1. The third-order valence-corrected chi connectivity index (χ3v) is 4.53. The smallest absolute Gasteiger partial charge is 0.258 e. The summed E-state index contributed by atoms with van der Waals surface area (Å²) in [7, 11) is 0. The van der Waals surface area contributed by atoms with Gasteiger partial charge in [-0.15, -0.1) is 0 Å². The van der Waals surface area contributed by atoms with Gasteiger partial charge in [0.05, 0.1) is 6.54 Å². The molecule has 1 aromatic carbocycles. The van der Waals surface area contributed by atoms with E-state index in [1.807, 2.05) is 6.07 Å². The van der Waals surface area contributed by atoms with E-state index in [0.717, 1.165) is 23.5 Å². The van der Waals surface area contributed by atoms with Crippen LogP contribution in [0.5, 0.6) is 0 Å². The number of halogens is 3. The van der Waals surface area contributed by atoms with Crippen molar-refractivity contribution in [2.75, 3.05) is 13.1 Å². The Hall–Kier alpha value is -2.61. The van der Waals surface area contributed by atoms with Crippen molar-refractivity contribution in [3.8, 4) is 23.0 Å². The summed E-state index contributed by atoms with van der Waals surface area (Å²) < 4.78 is 46.4. The first kappa shape index (κ1) is 17.8. The molecule has 5 nitrogen and oxygen atoms in total. The number of rotatable bonds is 6. The first-order valence-corrected chi connectivity index (χ1v) is 8.89. The average molecular weight is 376 g/mol. The Morgan fingerprint density at radius 2 is 1.93 bits per heavy atom. The Balaban J connectivity index is 1.65. The molecule has 142 valence electrons. The third-order valence-electron chi connectivity index (χ3n) is 4.53. The van der Waals surface area contributed by atoms with Gasteiger partial charge in [-0.25, -0.2) is 22.8 Å². The highest BCUT2D eigenvalue weighted by atomic mass is 19.3. The number of likely N-dealkylation sites (tertiary alicyclic amines) is 1. The molecule has 2 aromatic heterocycles. The van der Waals surface area contributed by atoms with Crippen molar-refractivity contribution < 1.29 is 17.6 Å². The van der Waals surface area contributed by atoms with E-state index in [9.17, 15) is 13.2 Å². The molecule has 1 aliphatic rings. The van der Waals surface area contributed by atoms with Crippen molar-refractivity contribution in [2.24, 2.45) is 0 Å². The highest BCUT2D eigenvalue weighted by molar-refractivity contribution is 5.59. The maximum absolute atomic E-state index is 13.5. The second-order valence-electron chi connectivity index (χ2n) is 6.59. The molecule has 0 atom stereocenters. The lowest BCUT2D eigenvalue weighted by atomic mass is 10.2. The lowest BCUT2D eigenvalue weighted by Crippen LogP contribution is -2.17. The maximum Gasteiger partial charge on any atom is 0.258 e. The molecular formula is C19H19F3N4O. The van der Waals surface area contributed by atoms with Crippen LogP contribution in [0.1, 0.15) is 18.6 Å². The molecule has 0 saturated carbocycles. The van der Waals surface area contributed by atoms with E-state index in [1.54, 1.807) is 12.1 Å². The minimum absolute atomic E-state index is 0.183. The van der Waals surface area contributed by atoms with Gasteiger partial charge in [-0.05, 0) is 50.2 Å². The van der Waals surface area contributed by atoms with E-state index >= 15 is 0 Å². The fourth-order valence-corrected chi connectivity index (χ4v) is 3.28. The quantitative estimate of drug-likeness (QED) is 0.647. The Morgan fingerprint density at radius 1 is 1.11 bits per heavy atom. The van der Waals surface area contributed by atoms with Gasteiger partial charge in [-0.3, -0.25) is 4.90 Å². The zero-order valence-corrected chi connectivity index (χ0v) is 14.6. The van der Waals surface area contributed by atoms with Crippen LogP contribution in [0.2, 0.25) is 0 Å². The van der Waals surface area contributed by atoms with E-state index in [4.69, 9.17) is 4.42 Å². The lowest BCUT2D eigenvalue weighted by molar-refractivity contribution is 0.122. The minimum Gasteiger partial charge on any atom is -0.456 e. The van der Waals surface area contributed by atoms with Gasteiger partial charge < -0.3 is 4.42 Å². The van der Waals surface area contributed by atoms with E-state index in [2.05, 4.69) is 15.0 Å². The van der Waals surface area contributed by atoms with E-state index in [0.29, 0.717) is 17.9 Å². The summed E-state index contributed by atoms with van der Waals surface area (Å²) >= 11 is 0. The zero-order chi connectivity index (χ0) is 18.8. The molecule has 0 bridgehead atoms. The molecule has 3 heterocycles. The summed E-state index contributed by atoms with van der Waals surface area (Å²) in [5.74, 6) is 1.08. The second-order valence-corrected chi connectivity index (χ2v) is 6.59. The highest BCUT2D eigenvalue weighted by Crippen LogP contribution is 2.26. The van der Waals surface area contributed by atoms with Crippen LogP contribution < -0.4 is 0 Å². The number of alkyl halides is 2. The van der Waals surface area contributed by atoms with E-state index in [1.165, 1.54) is 31.0 Å². The molecule has 3 aromatic rings. The van der Waals surface area contributed by atoms with Crippen molar-refractivity contribution in [3.63, 3.8) is 0 Å². The van der Waals surface area contributed by atoms with Crippen LogP contribution in [-0.4, -0.2) is 39.2 Å². The predicted molar refractivity (Wildman–Crippen MR) is 93.6 cm³/mol. The van der Waals surface area contributed by atoms with Crippen molar-refractivity contribution in [2.45, 2.75) is 32.4 Å². The van der Waals surface area contributed by atoms with Gasteiger partial charge in [0.2, 0.25) is 0 Å². The Morgan fingerprint density at radius 3 is 2.67 bits per heavy atom. The molecular weight excluding hydrogens is 357 g/mol. The standard InChI is InChI=1S/C19H19F3N4O/c20-14-5-3-4-13(10-14)18-23-19(26(24-18)12-17(21)22)16-7-6-15(27-16)11-25-8-1-2-9-25/h3-7,10,17H,1-2,8-9,11-12H2. The average Bonchev–Trinajstić information content (AvgIpc) is 3.36. The van der Waals surface area contributed by atoms with Gasteiger partial charge in [0.25, 0.3) is 6.43 Å². The molecule has 27 heavy (non-hydrogen) atoms. The fraction of sp³-hybridized carbons (Fsp3) is 0.368. The zero-order valence-electron chi connectivity index (χ0n) is 14.6. The molecule has 0 amide bonds. The van der Waals surface area contributed by atoms with Gasteiger partial charge in [-0.2, -0.15) is 5.10 Å². The number of hydrogen-bond acceptors (Lipinski definition) is 4. The second kappa shape index (κ2) is 7.56. The van der Waals surface area contributed by atoms with Crippen molar-refractivity contribution in [1.29, 1.82) is 0 Å². The van der Waals surface area contributed by atoms with Crippen molar-refractivity contribution in [1.82, 2.24) is 19.7 Å². The van der Waals surface area contributed by atoms with Gasteiger partial charge in [0, 0.05) is 5.56 Å². The van der Waals surface area contributed by atoms with Crippen LogP contribution in [0.3, 0.4) is 0 Å². The summed E-state index contributed by atoms with van der Waals surface area (Å²) in [6.45, 7) is 2.13. The normalized spacial score (nSPS) is 15.1. The maximum atomic E-state index is 13.5. The predicted octanol–water partition coefficient (Wildman–Crippen LogP) is 4.21.